The van der Waals surface area contributed by atoms with Crippen LogP contribution in [0.25, 0.3) is 0 Å². The van der Waals surface area contributed by atoms with Gasteiger partial charge in [-0.05, 0) is 48.6 Å². The van der Waals surface area contributed by atoms with Gasteiger partial charge in [-0.1, -0.05) is 26.0 Å². The highest BCUT2D eigenvalue weighted by Crippen LogP contribution is 2.26. The minimum atomic E-state index is -3.52. The van der Waals surface area contributed by atoms with Gasteiger partial charge < -0.3 is 9.32 Å². The van der Waals surface area contributed by atoms with Gasteiger partial charge in [-0.3, -0.25) is 4.79 Å². The van der Waals surface area contributed by atoms with E-state index in [0.29, 0.717) is 43.3 Å². The lowest BCUT2D eigenvalue weighted by Gasteiger charge is -2.32. The van der Waals surface area contributed by atoms with E-state index in [4.69, 9.17) is 4.42 Å². The van der Waals surface area contributed by atoms with E-state index in [2.05, 4.69) is 13.8 Å². The third-order valence-corrected chi connectivity index (χ3v) is 7.25. The Morgan fingerprint density at radius 1 is 1.18 bits per heavy atom. The normalized spacial score (nSPS) is 16.4. The monoisotopic (exact) mass is 404 g/mol. The summed E-state index contributed by atoms with van der Waals surface area (Å²) < 4.78 is 32.6. The average molecular weight is 405 g/mol. The number of hydrogen-bond acceptors (Lipinski definition) is 4. The van der Waals surface area contributed by atoms with Gasteiger partial charge in [0.05, 0.1) is 17.7 Å². The van der Waals surface area contributed by atoms with Crippen LogP contribution in [-0.2, 0) is 21.4 Å². The molecule has 0 atom stereocenters. The number of rotatable bonds is 6. The van der Waals surface area contributed by atoms with E-state index in [1.54, 1.807) is 36.4 Å². The van der Waals surface area contributed by atoms with Gasteiger partial charge in [0.1, 0.15) is 5.76 Å². The van der Waals surface area contributed by atoms with Crippen LogP contribution in [0.4, 0.5) is 0 Å². The molecule has 2 aromatic rings. The third kappa shape index (κ3) is 4.47. The largest absolute Gasteiger partial charge is 0.467 e. The first kappa shape index (κ1) is 20.6. The van der Waals surface area contributed by atoms with Crippen molar-refractivity contribution in [1.29, 1.82) is 0 Å². The second-order valence-corrected chi connectivity index (χ2v) is 9.61. The molecule has 152 valence electrons. The lowest BCUT2D eigenvalue weighted by atomic mass is 9.96. The number of furan rings is 1. The van der Waals surface area contributed by atoms with Crippen molar-refractivity contribution in [1.82, 2.24) is 9.21 Å². The Kier molecular flexibility index (Phi) is 6.25. The van der Waals surface area contributed by atoms with E-state index in [-0.39, 0.29) is 11.8 Å². The standard InChI is InChI=1S/C21H28N2O4S/c1-16(2)17-6-8-20(9-7-17)28(25,26)23-12-10-18(11-13-23)21(24)22(3)15-19-5-4-14-27-19/h4-9,14,16,18H,10-13,15H2,1-3H3. The minimum Gasteiger partial charge on any atom is -0.467 e. The molecule has 0 bridgehead atoms. The second-order valence-electron chi connectivity index (χ2n) is 7.68. The van der Waals surface area contributed by atoms with E-state index < -0.39 is 10.0 Å². The van der Waals surface area contributed by atoms with Crippen LogP contribution in [0.2, 0.25) is 0 Å². The van der Waals surface area contributed by atoms with Crippen LogP contribution in [-0.4, -0.2) is 43.7 Å². The molecule has 0 spiro atoms. The predicted molar refractivity (Wildman–Crippen MR) is 107 cm³/mol. The maximum Gasteiger partial charge on any atom is 0.243 e. The number of sulfonamides is 1. The third-order valence-electron chi connectivity index (χ3n) is 5.34. The van der Waals surface area contributed by atoms with Crippen molar-refractivity contribution in [3.8, 4) is 0 Å². The Bertz CT molecular complexity index is 881. The van der Waals surface area contributed by atoms with E-state index in [0.717, 1.165) is 11.3 Å². The zero-order valence-electron chi connectivity index (χ0n) is 16.7. The smallest absolute Gasteiger partial charge is 0.243 e. The summed E-state index contributed by atoms with van der Waals surface area (Å²) in [5, 5.41) is 0. The van der Waals surface area contributed by atoms with E-state index >= 15 is 0 Å². The summed E-state index contributed by atoms with van der Waals surface area (Å²) >= 11 is 0. The summed E-state index contributed by atoms with van der Waals surface area (Å²) in [6, 6.07) is 10.7. The number of carbonyl (C=O) groups excluding carboxylic acids is 1. The number of carbonyl (C=O) groups is 1. The molecule has 28 heavy (non-hydrogen) atoms. The highest BCUT2D eigenvalue weighted by atomic mass is 32.2. The lowest BCUT2D eigenvalue weighted by molar-refractivity contribution is -0.136. The summed E-state index contributed by atoms with van der Waals surface area (Å²) in [5.74, 6) is 0.974. The van der Waals surface area contributed by atoms with Gasteiger partial charge in [-0.25, -0.2) is 8.42 Å². The molecule has 1 amide bonds. The van der Waals surface area contributed by atoms with Gasteiger partial charge in [0.2, 0.25) is 15.9 Å². The fourth-order valence-corrected chi connectivity index (χ4v) is 5.01. The van der Waals surface area contributed by atoms with Crippen LogP contribution in [0.5, 0.6) is 0 Å². The summed E-state index contributed by atoms with van der Waals surface area (Å²) in [6.07, 6.45) is 2.65. The van der Waals surface area contributed by atoms with E-state index in [1.807, 2.05) is 18.2 Å². The maximum absolute atomic E-state index is 12.9. The van der Waals surface area contributed by atoms with Crippen molar-refractivity contribution in [2.45, 2.75) is 44.0 Å². The van der Waals surface area contributed by atoms with Gasteiger partial charge in [0.25, 0.3) is 0 Å². The van der Waals surface area contributed by atoms with Gasteiger partial charge in [0.15, 0.2) is 0 Å². The van der Waals surface area contributed by atoms with Gasteiger partial charge in [-0.2, -0.15) is 4.31 Å². The SMILES string of the molecule is CC(C)c1ccc(S(=O)(=O)N2CCC(C(=O)N(C)Cc3ccco3)CC2)cc1. The first-order valence-electron chi connectivity index (χ1n) is 9.66. The van der Waals surface area contributed by atoms with Crippen LogP contribution in [0.15, 0.2) is 52.0 Å². The van der Waals surface area contributed by atoms with Crippen molar-refractivity contribution in [3.05, 3.63) is 54.0 Å². The Morgan fingerprint density at radius 3 is 2.36 bits per heavy atom. The summed E-state index contributed by atoms with van der Waals surface area (Å²) in [6.45, 7) is 5.30. The zero-order valence-corrected chi connectivity index (χ0v) is 17.5. The molecule has 1 aliphatic heterocycles. The number of benzene rings is 1. The van der Waals surface area contributed by atoms with Crippen molar-refractivity contribution >= 4 is 15.9 Å². The summed E-state index contributed by atoms with van der Waals surface area (Å²) in [7, 11) is -1.77. The molecular weight excluding hydrogens is 376 g/mol. The van der Waals surface area contributed by atoms with Gasteiger partial charge in [0, 0.05) is 26.1 Å². The molecule has 1 aromatic carbocycles. The van der Waals surface area contributed by atoms with Crippen LogP contribution in [0.1, 0.15) is 43.9 Å². The molecule has 1 fully saturated rings. The highest BCUT2D eigenvalue weighted by Gasteiger charge is 2.33. The van der Waals surface area contributed by atoms with Crippen LogP contribution in [0, 0.1) is 5.92 Å². The predicted octanol–water partition coefficient (Wildman–Crippen LogP) is 3.46. The fourth-order valence-electron chi connectivity index (χ4n) is 3.54. The molecule has 3 rings (SSSR count). The van der Waals surface area contributed by atoms with Gasteiger partial charge >= 0.3 is 0 Å². The molecule has 0 saturated carbocycles. The first-order chi connectivity index (χ1) is 13.3. The van der Waals surface area contributed by atoms with Crippen LogP contribution >= 0.6 is 0 Å². The molecule has 1 aromatic heterocycles. The van der Waals surface area contributed by atoms with Crippen LogP contribution < -0.4 is 0 Å². The molecule has 0 aliphatic carbocycles. The van der Waals surface area contributed by atoms with Crippen molar-refractivity contribution in [2.75, 3.05) is 20.1 Å². The molecular formula is C21H28N2O4S. The molecule has 1 saturated heterocycles. The number of nitrogens with zero attached hydrogens (tertiary/aromatic N) is 2. The summed E-state index contributed by atoms with van der Waals surface area (Å²) in [5.41, 5.74) is 1.11. The zero-order chi connectivity index (χ0) is 20.3. The van der Waals surface area contributed by atoms with Crippen molar-refractivity contribution < 1.29 is 17.6 Å². The minimum absolute atomic E-state index is 0.0368. The van der Waals surface area contributed by atoms with Crippen molar-refractivity contribution in [3.63, 3.8) is 0 Å². The molecule has 6 nitrogen and oxygen atoms in total. The second kappa shape index (κ2) is 8.49. The Balaban J connectivity index is 1.60. The van der Waals surface area contributed by atoms with E-state index in [9.17, 15) is 13.2 Å². The Labute approximate surface area is 167 Å². The number of hydrogen-bond donors (Lipinski definition) is 0. The molecule has 0 radical (unpaired) electrons. The van der Waals surface area contributed by atoms with E-state index in [1.165, 1.54) is 4.31 Å². The molecule has 2 heterocycles. The number of piperidine rings is 1. The average Bonchev–Trinajstić information content (AvgIpc) is 3.20. The molecule has 7 heteroatoms. The Morgan fingerprint density at radius 2 is 1.82 bits per heavy atom. The molecule has 0 unspecified atom stereocenters. The fraction of sp³-hybridized carbons (Fsp3) is 0.476. The Hall–Kier alpha value is -2.12. The van der Waals surface area contributed by atoms with Gasteiger partial charge in [-0.15, -0.1) is 0 Å². The highest BCUT2D eigenvalue weighted by molar-refractivity contribution is 7.89. The summed E-state index contributed by atoms with van der Waals surface area (Å²) in [4.78, 5) is 14.6. The topological polar surface area (TPSA) is 70.8 Å². The first-order valence-corrected chi connectivity index (χ1v) is 11.1. The number of amides is 1. The van der Waals surface area contributed by atoms with Crippen LogP contribution in [0.3, 0.4) is 0 Å². The van der Waals surface area contributed by atoms with Crippen molar-refractivity contribution in [2.24, 2.45) is 5.92 Å². The quantitative estimate of drug-likeness (QED) is 0.739. The lowest BCUT2D eigenvalue weighted by Crippen LogP contribution is -2.43. The molecule has 0 N–H and O–H groups in total. The maximum atomic E-state index is 12.9. The molecule has 1 aliphatic rings.